The van der Waals surface area contributed by atoms with Crippen LogP contribution < -0.4 is 5.32 Å². The van der Waals surface area contributed by atoms with E-state index in [4.69, 9.17) is 16.0 Å². The van der Waals surface area contributed by atoms with Crippen LogP contribution in [0.4, 0.5) is 0 Å². The number of thioether (sulfide) groups is 2. The number of furan rings is 1. The molecule has 2 amide bonds. The van der Waals surface area contributed by atoms with Crippen LogP contribution in [0.2, 0.25) is 5.02 Å². The molecule has 0 aliphatic carbocycles. The topological polar surface area (TPSA) is 104 Å². The summed E-state index contributed by atoms with van der Waals surface area (Å²) in [5.41, 5.74) is 0.487. The fourth-order valence-electron chi connectivity index (χ4n) is 2.81. The number of benzene rings is 1. The Labute approximate surface area is 185 Å². The van der Waals surface area contributed by atoms with Gasteiger partial charge in [-0.1, -0.05) is 35.1 Å². The lowest BCUT2D eigenvalue weighted by molar-refractivity contribution is -0.126. The molecule has 30 heavy (non-hydrogen) atoms. The van der Waals surface area contributed by atoms with Gasteiger partial charge in [0, 0.05) is 17.0 Å². The predicted molar refractivity (Wildman–Crippen MR) is 117 cm³/mol. The molecule has 11 heteroatoms. The lowest BCUT2D eigenvalue weighted by atomic mass is 10.1. The molecule has 1 unspecified atom stereocenters. The quantitative estimate of drug-likeness (QED) is 0.522. The van der Waals surface area contributed by atoms with Gasteiger partial charge in [0.05, 0.1) is 23.8 Å². The van der Waals surface area contributed by atoms with E-state index in [1.807, 2.05) is 0 Å². The van der Waals surface area contributed by atoms with Crippen molar-refractivity contribution in [3.05, 3.63) is 59.0 Å². The molecule has 0 bridgehead atoms. The molecule has 0 radical (unpaired) electrons. The first kappa shape index (κ1) is 20.7. The molecule has 2 saturated heterocycles. The van der Waals surface area contributed by atoms with Crippen molar-refractivity contribution in [3.63, 3.8) is 0 Å². The molecule has 154 valence electrons. The van der Waals surface area contributed by atoms with E-state index in [9.17, 15) is 14.4 Å². The summed E-state index contributed by atoms with van der Waals surface area (Å²) < 4.78 is 5.35. The second kappa shape index (κ2) is 9.07. The number of amides is 2. The Morgan fingerprint density at radius 1 is 1.23 bits per heavy atom. The summed E-state index contributed by atoms with van der Waals surface area (Å²) in [5.74, 6) is 0.303. The highest BCUT2D eigenvalue weighted by molar-refractivity contribution is 8.15. The van der Waals surface area contributed by atoms with Gasteiger partial charge in [-0.2, -0.15) is 0 Å². The van der Waals surface area contributed by atoms with Crippen LogP contribution in [0.3, 0.4) is 0 Å². The highest BCUT2D eigenvalue weighted by Crippen LogP contribution is 2.32. The zero-order valence-electron chi connectivity index (χ0n) is 15.4. The Balaban J connectivity index is 1.53. The number of rotatable bonds is 6. The third-order valence-electron chi connectivity index (χ3n) is 4.26. The second-order valence-corrected chi connectivity index (χ2v) is 8.94. The fourth-order valence-corrected chi connectivity index (χ4v) is 4.65. The summed E-state index contributed by atoms with van der Waals surface area (Å²) in [6.45, 7) is 0.174. The van der Waals surface area contributed by atoms with E-state index in [-0.39, 0.29) is 36.3 Å². The first-order valence-electron chi connectivity index (χ1n) is 8.87. The van der Waals surface area contributed by atoms with Crippen molar-refractivity contribution in [2.45, 2.75) is 18.2 Å². The molecule has 2 aliphatic heterocycles. The Hall–Kier alpha value is -2.56. The maximum Gasteiger partial charge on any atom is 0.243 e. The SMILES string of the molecule is O=C1CSC(=NN=C2SC(CC(=O)c3ccc(Cl)cc3)C(=O)N2Cc2ccco2)N1. The molecule has 1 aromatic carbocycles. The summed E-state index contributed by atoms with van der Waals surface area (Å²) in [7, 11) is 0. The van der Waals surface area contributed by atoms with Crippen molar-refractivity contribution in [1.82, 2.24) is 10.2 Å². The van der Waals surface area contributed by atoms with Gasteiger partial charge in [-0.3, -0.25) is 19.3 Å². The number of carbonyl (C=O) groups excluding carboxylic acids is 3. The number of nitrogens with one attached hydrogen (secondary N) is 1. The number of ketones is 1. The van der Waals surface area contributed by atoms with Gasteiger partial charge in [-0.05, 0) is 36.4 Å². The summed E-state index contributed by atoms with van der Waals surface area (Å²) >= 11 is 8.28. The van der Waals surface area contributed by atoms with Crippen LogP contribution in [0.25, 0.3) is 0 Å². The van der Waals surface area contributed by atoms with Crippen LogP contribution in [0.1, 0.15) is 22.5 Å². The van der Waals surface area contributed by atoms with Gasteiger partial charge in [0.25, 0.3) is 0 Å². The molecule has 8 nitrogen and oxygen atoms in total. The molecule has 1 aromatic heterocycles. The molecule has 2 aromatic rings. The summed E-state index contributed by atoms with van der Waals surface area (Å²) in [6.07, 6.45) is 1.53. The molecule has 2 aliphatic rings. The molecule has 1 N–H and O–H groups in total. The lowest BCUT2D eigenvalue weighted by Gasteiger charge is -2.14. The third kappa shape index (κ3) is 4.77. The number of nitrogens with zero attached hydrogens (tertiary/aromatic N) is 3. The first-order chi connectivity index (χ1) is 14.5. The molecule has 1 atom stereocenters. The average molecular weight is 463 g/mol. The molecule has 0 spiro atoms. The molecule has 4 rings (SSSR count). The van der Waals surface area contributed by atoms with Gasteiger partial charge in [0.1, 0.15) is 5.76 Å². The van der Waals surface area contributed by atoms with Gasteiger partial charge in [0.2, 0.25) is 11.8 Å². The normalized spacial score (nSPS) is 21.6. The van der Waals surface area contributed by atoms with Crippen molar-refractivity contribution in [2.24, 2.45) is 10.2 Å². The van der Waals surface area contributed by atoms with Gasteiger partial charge in [-0.15, -0.1) is 10.2 Å². The zero-order valence-corrected chi connectivity index (χ0v) is 17.8. The number of carbonyl (C=O) groups is 3. The Kier molecular flexibility index (Phi) is 6.26. The zero-order chi connectivity index (χ0) is 21.1. The van der Waals surface area contributed by atoms with Crippen LogP contribution >= 0.6 is 35.1 Å². The first-order valence-corrected chi connectivity index (χ1v) is 11.1. The van der Waals surface area contributed by atoms with Crippen molar-refractivity contribution >= 4 is 63.1 Å². The van der Waals surface area contributed by atoms with Gasteiger partial charge in [0.15, 0.2) is 16.1 Å². The summed E-state index contributed by atoms with van der Waals surface area (Å²) in [4.78, 5) is 38.4. The Bertz CT molecular complexity index is 1040. The number of hydrogen-bond acceptors (Lipinski definition) is 8. The highest BCUT2D eigenvalue weighted by atomic mass is 35.5. The fraction of sp³-hybridized carbons (Fsp3) is 0.211. The largest absolute Gasteiger partial charge is 0.467 e. The van der Waals surface area contributed by atoms with Crippen molar-refractivity contribution in [2.75, 3.05) is 5.75 Å². The summed E-state index contributed by atoms with van der Waals surface area (Å²) in [5, 5.41) is 11.4. The Morgan fingerprint density at radius 3 is 2.70 bits per heavy atom. The van der Waals surface area contributed by atoms with Crippen molar-refractivity contribution < 1.29 is 18.8 Å². The molecular formula is C19H15ClN4O4S2. The number of halogens is 1. The third-order valence-corrected chi connectivity index (χ3v) is 6.55. The van der Waals surface area contributed by atoms with E-state index in [2.05, 4.69) is 15.5 Å². The van der Waals surface area contributed by atoms with E-state index < -0.39 is 5.25 Å². The van der Waals surface area contributed by atoms with Crippen LogP contribution in [-0.4, -0.2) is 43.8 Å². The van der Waals surface area contributed by atoms with E-state index in [1.165, 1.54) is 34.7 Å². The lowest BCUT2D eigenvalue weighted by Crippen LogP contribution is -2.32. The smallest absolute Gasteiger partial charge is 0.243 e. The monoisotopic (exact) mass is 462 g/mol. The molecule has 0 saturated carbocycles. The maximum atomic E-state index is 13.0. The number of hydrogen-bond donors (Lipinski definition) is 1. The second-order valence-electron chi connectivity index (χ2n) is 6.37. The summed E-state index contributed by atoms with van der Waals surface area (Å²) in [6, 6.07) is 10.0. The molecular weight excluding hydrogens is 448 g/mol. The Morgan fingerprint density at radius 2 is 2.03 bits per heavy atom. The molecule has 3 heterocycles. The van der Waals surface area contributed by atoms with Crippen LogP contribution in [0, 0.1) is 0 Å². The van der Waals surface area contributed by atoms with Crippen LogP contribution in [-0.2, 0) is 16.1 Å². The van der Waals surface area contributed by atoms with E-state index in [1.54, 1.807) is 36.4 Å². The number of amidine groups is 2. The minimum absolute atomic E-state index is 0.0147. The van der Waals surface area contributed by atoms with Crippen molar-refractivity contribution in [1.29, 1.82) is 0 Å². The maximum absolute atomic E-state index is 13.0. The van der Waals surface area contributed by atoms with E-state index in [0.29, 0.717) is 26.7 Å². The van der Waals surface area contributed by atoms with Crippen molar-refractivity contribution in [3.8, 4) is 0 Å². The van der Waals surface area contributed by atoms with Crippen LogP contribution in [0.5, 0.6) is 0 Å². The predicted octanol–water partition coefficient (Wildman–Crippen LogP) is 3.14. The highest BCUT2D eigenvalue weighted by Gasteiger charge is 2.40. The van der Waals surface area contributed by atoms with E-state index >= 15 is 0 Å². The van der Waals surface area contributed by atoms with Gasteiger partial charge >= 0.3 is 0 Å². The van der Waals surface area contributed by atoms with Crippen LogP contribution in [0.15, 0.2) is 57.3 Å². The minimum atomic E-state index is -0.632. The van der Waals surface area contributed by atoms with Gasteiger partial charge in [-0.25, -0.2) is 0 Å². The standard InChI is InChI=1S/C19H15ClN4O4S2/c20-12-5-3-11(4-6-12)14(25)8-15-17(27)24(9-13-2-1-7-28-13)19(30-15)23-22-18-21-16(26)10-29-18/h1-7,15H,8-10H2,(H,21,22,26). The average Bonchev–Trinajstić information content (AvgIpc) is 3.45. The minimum Gasteiger partial charge on any atom is -0.467 e. The number of Topliss-reactive ketones (excluding diaryl/α,β-unsaturated/α-hetero) is 1. The van der Waals surface area contributed by atoms with Gasteiger partial charge < -0.3 is 9.73 Å². The van der Waals surface area contributed by atoms with E-state index in [0.717, 1.165) is 0 Å². The molecule has 2 fully saturated rings.